The molecule has 0 amide bonds. The third-order valence-electron chi connectivity index (χ3n) is 3.37. The predicted molar refractivity (Wildman–Crippen MR) is 55.4 cm³/mol. The lowest BCUT2D eigenvalue weighted by atomic mass is 9.89. The van der Waals surface area contributed by atoms with Gasteiger partial charge >= 0.3 is 5.76 Å². The summed E-state index contributed by atoms with van der Waals surface area (Å²) in [7, 11) is 0. The Balaban J connectivity index is 2.13. The van der Waals surface area contributed by atoms with Gasteiger partial charge in [0.05, 0.1) is 0 Å². The fourth-order valence-electron chi connectivity index (χ4n) is 2.55. The largest absolute Gasteiger partial charge is 0.438 e. The minimum absolute atomic E-state index is 0.140. The van der Waals surface area contributed by atoms with Gasteiger partial charge in [-0.15, -0.1) is 0 Å². The van der Waals surface area contributed by atoms with Gasteiger partial charge in [-0.3, -0.25) is 9.51 Å². The van der Waals surface area contributed by atoms with Crippen LogP contribution in [0.2, 0.25) is 0 Å². The van der Waals surface area contributed by atoms with Gasteiger partial charge in [0.25, 0.3) is 0 Å². The summed E-state index contributed by atoms with van der Waals surface area (Å²) >= 11 is 0. The molecule has 0 saturated heterocycles. The molecule has 0 aromatic carbocycles. The number of aromatic nitrogens is 2. The lowest BCUT2D eigenvalue weighted by Crippen LogP contribution is -2.21. The van der Waals surface area contributed by atoms with Crippen LogP contribution in [0.25, 0.3) is 0 Å². The number of nitrogens with zero attached hydrogens (tertiary/aromatic N) is 1. The summed E-state index contributed by atoms with van der Waals surface area (Å²) in [6.45, 7) is 2.76. The first-order chi connectivity index (χ1) is 7.20. The van der Waals surface area contributed by atoms with Crippen LogP contribution in [0.15, 0.2) is 9.32 Å². The summed E-state index contributed by atoms with van der Waals surface area (Å²) in [5, 5.41) is 3.73. The molecule has 0 radical (unpaired) electrons. The van der Waals surface area contributed by atoms with Crippen molar-refractivity contribution in [1.29, 1.82) is 0 Å². The van der Waals surface area contributed by atoms with E-state index in [-0.39, 0.29) is 5.92 Å². The van der Waals surface area contributed by atoms with E-state index in [0.29, 0.717) is 18.3 Å². The van der Waals surface area contributed by atoms with Crippen LogP contribution in [0.5, 0.6) is 0 Å². The Kier molecular flexibility index (Phi) is 2.90. The first-order valence-corrected chi connectivity index (χ1v) is 5.46. The van der Waals surface area contributed by atoms with E-state index >= 15 is 0 Å². The van der Waals surface area contributed by atoms with E-state index in [4.69, 9.17) is 5.73 Å². The molecule has 5 heteroatoms. The third-order valence-corrected chi connectivity index (χ3v) is 3.37. The van der Waals surface area contributed by atoms with Crippen LogP contribution in [0.3, 0.4) is 0 Å². The van der Waals surface area contributed by atoms with Crippen molar-refractivity contribution < 1.29 is 4.52 Å². The molecule has 15 heavy (non-hydrogen) atoms. The number of H-pyrrole nitrogens is 1. The van der Waals surface area contributed by atoms with Crippen molar-refractivity contribution in [3.8, 4) is 0 Å². The van der Waals surface area contributed by atoms with Gasteiger partial charge in [-0.2, -0.15) is 0 Å². The molecule has 1 fully saturated rings. The molecule has 3 unspecified atom stereocenters. The number of hydrogen-bond acceptors (Lipinski definition) is 4. The summed E-state index contributed by atoms with van der Waals surface area (Å²) < 4.78 is 4.52. The monoisotopic (exact) mass is 211 g/mol. The number of rotatable bonds is 3. The van der Waals surface area contributed by atoms with Gasteiger partial charge in [0, 0.05) is 12.5 Å². The molecule has 2 rings (SSSR count). The molecule has 1 aromatic rings. The standard InChI is InChI=1S/C10H17N3O2/c1-6-2-3-7(4-6)8(5-11)9-12-10(14)15-13-9/h6-8H,2-5,11H2,1H3,(H,12,13,14). The highest BCUT2D eigenvalue weighted by Gasteiger charge is 2.31. The second-order valence-corrected chi connectivity index (χ2v) is 4.50. The number of hydrogen-bond donors (Lipinski definition) is 2. The molecule has 3 N–H and O–H groups in total. The normalized spacial score (nSPS) is 28.1. The van der Waals surface area contributed by atoms with E-state index in [9.17, 15) is 4.79 Å². The van der Waals surface area contributed by atoms with E-state index in [2.05, 4.69) is 21.6 Å². The molecule has 84 valence electrons. The van der Waals surface area contributed by atoms with E-state index in [1.54, 1.807) is 0 Å². The topological polar surface area (TPSA) is 84.9 Å². The highest BCUT2D eigenvalue weighted by atomic mass is 16.5. The van der Waals surface area contributed by atoms with Gasteiger partial charge in [0.15, 0.2) is 5.82 Å². The van der Waals surface area contributed by atoms with Crippen LogP contribution in [0, 0.1) is 11.8 Å². The van der Waals surface area contributed by atoms with Gasteiger partial charge in [-0.25, -0.2) is 4.79 Å². The summed E-state index contributed by atoms with van der Waals surface area (Å²) in [5.41, 5.74) is 5.74. The maximum atomic E-state index is 10.9. The molecule has 0 spiro atoms. The van der Waals surface area contributed by atoms with Crippen molar-refractivity contribution in [2.75, 3.05) is 6.54 Å². The van der Waals surface area contributed by atoms with Crippen LogP contribution >= 0.6 is 0 Å². The van der Waals surface area contributed by atoms with E-state index in [1.165, 1.54) is 6.42 Å². The molecule has 0 aliphatic heterocycles. The van der Waals surface area contributed by atoms with Gasteiger partial charge in [-0.05, 0) is 24.7 Å². The van der Waals surface area contributed by atoms with Crippen molar-refractivity contribution in [2.24, 2.45) is 17.6 Å². The van der Waals surface area contributed by atoms with E-state index < -0.39 is 5.76 Å². The maximum Gasteiger partial charge on any atom is 0.438 e. The maximum absolute atomic E-state index is 10.9. The molecule has 0 bridgehead atoms. The number of aromatic amines is 1. The lowest BCUT2D eigenvalue weighted by Gasteiger charge is -2.18. The molecular weight excluding hydrogens is 194 g/mol. The fourth-order valence-corrected chi connectivity index (χ4v) is 2.55. The first-order valence-electron chi connectivity index (χ1n) is 5.46. The van der Waals surface area contributed by atoms with Crippen LogP contribution < -0.4 is 11.5 Å². The minimum Gasteiger partial charge on any atom is -0.330 e. The SMILES string of the molecule is CC1CCC(C(CN)c2noc(=O)[nH]2)C1. The second kappa shape index (κ2) is 4.18. The lowest BCUT2D eigenvalue weighted by molar-refractivity contribution is 0.357. The summed E-state index contributed by atoms with van der Waals surface area (Å²) in [5.74, 6) is 1.55. The van der Waals surface area contributed by atoms with Crippen LogP contribution in [0.4, 0.5) is 0 Å². The molecule has 1 aliphatic carbocycles. The van der Waals surface area contributed by atoms with Gasteiger partial charge in [0.1, 0.15) is 0 Å². The molecule has 1 saturated carbocycles. The minimum atomic E-state index is -0.491. The second-order valence-electron chi connectivity index (χ2n) is 4.50. The van der Waals surface area contributed by atoms with Crippen LogP contribution in [0.1, 0.15) is 37.9 Å². The first kappa shape index (κ1) is 10.4. The molecule has 1 aliphatic rings. The molecule has 1 heterocycles. The van der Waals surface area contributed by atoms with Gasteiger partial charge in [0.2, 0.25) is 0 Å². The Morgan fingerprint density at radius 2 is 2.47 bits per heavy atom. The van der Waals surface area contributed by atoms with Crippen molar-refractivity contribution in [3.63, 3.8) is 0 Å². The zero-order chi connectivity index (χ0) is 10.8. The smallest absolute Gasteiger partial charge is 0.330 e. The number of nitrogens with two attached hydrogens (primary N) is 1. The third kappa shape index (κ3) is 2.12. The Hall–Kier alpha value is -1.10. The Labute approximate surface area is 88.0 Å². The van der Waals surface area contributed by atoms with Crippen molar-refractivity contribution in [3.05, 3.63) is 16.4 Å². The van der Waals surface area contributed by atoms with Gasteiger partial charge in [-0.1, -0.05) is 18.5 Å². The van der Waals surface area contributed by atoms with Crippen LogP contribution in [-0.2, 0) is 0 Å². The quantitative estimate of drug-likeness (QED) is 0.775. The summed E-state index contributed by atoms with van der Waals surface area (Å²) in [6.07, 6.45) is 3.57. The van der Waals surface area contributed by atoms with E-state index in [0.717, 1.165) is 18.8 Å². The van der Waals surface area contributed by atoms with Crippen LogP contribution in [-0.4, -0.2) is 16.7 Å². The highest BCUT2D eigenvalue weighted by molar-refractivity contribution is 4.98. The number of nitrogens with one attached hydrogen (secondary N) is 1. The summed E-state index contributed by atoms with van der Waals surface area (Å²) in [6, 6.07) is 0. The highest BCUT2D eigenvalue weighted by Crippen LogP contribution is 2.38. The average molecular weight is 211 g/mol. The Bertz CT molecular complexity index is 371. The molecule has 3 atom stereocenters. The van der Waals surface area contributed by atoms with E-state index in [1.807, 2.05) is 0 Å². The predicted octanol–water partition coefficient (Wildman–Crippen LogP) is 0.841. The fraction of sp³-hybridized carbons (Fsp3) is 0.800. The Morgan fingerprint density at radius 1 is 1.67 bits per heavy atom. The summed E-state index contributed by atoms with van der Waals surface area (Å²) in [4.78, 5) is 13.5. The Morgan fingerprint density at radius 3 is 2.93 bits per heavy atom. The zero-order valence-electron chi connectivity index (χ0n) is 8.90. The average Bonchev–Trinajstić information content (AvgIpc) is 2.78. The zero-order valence-corrected chi connectivity index (χ0v) is 8.90. The molecular formula is C10H17N3O2. The van der Waals surface area contributed by atoms with Crippen molar-refractivity contribution in [2.45, 2.75) is 32.1 Å². The van der Waals surface area contributed by atoms with Crippen molar-refractivity contribution >= 4 is 0 Å². The molecule has 1 aromatic heterocycles. The molecule has 5 nitrogen and oxygen atoms in total. The van der Waals surface area contributed by atoms with Crippen molar-refractivity contribution in [1.82, 2.24) is 10.1 Å². The van der Waals surface area contributed by atoms with Gasteiger partial charge < -0.3 is 5.73 Å².